The molecule has 0 aliphatic heterocycles. The molecule has 3 saturated carbocycles. The number of hydrogen-bond acceptors (Lipinski definition) is 6. The number of carbonyl (C=O) groups excluding carboxylic acids is 2. The fourth-order valence-electron chi connectivity index (χ4n) is 10.5. The minimum atomic E-state index is -1.16. The van der Waals surface area contributed by atoms with E-state index in [0.29, 0.717) is 6.42 Å². The van der Waals surface area contributed by atoms with E-state index >= 15 is 0 Å². The van der Waals surface area contributed by atoms with E-state index < -0.39 is 29.0 Å². The number of aliphatic hydroxyl groups is 2. The number of allylic oxidation sites excluding steroid dienone is 3. The van der Waals surface area contributed by atoms with E-state index in [1.54, 1.807) is 6.92 Å². The minimum Gasteiger partial charge on any atom is -0.469 e. The molecule has 0 aromatic heterocycles. The first-order valence-electron chi connectivity index (χ1n) is 14.5. The van der Waals surface area contributed by atoms with Crippen LogP contribution in [0.3, 0.4) is 0 Å². The minimum absolute atomic E-state index is 0.0132. The Bertz CT molecular complexity index is 1110. The molecule has 3 fully saturated rings. The normalized spacial score (nSPS) is 49.2. The SMILES string of the molecule is COC(=O)C12CCC(C)(C)C=C1C1=CCC3C4(C)CC(O)C(O)C(C)(C(=O)OC)C4CCC3(C)C1(C)CC2. The fourth-order valence-corrected chi connectivity index (χ4v) is 10.5. The second-order valence-corrected chi connectivity index (χ2v) is 14.9. The van der Waals surface area contributed by atoms with Crippen molar-refractivity contribution in [3.05, 3.63) is 23.3 Å². The molecule has 5 aliphatic carbocycles. The van der Waals surface area contributed by atoms with Gasteiger partial charge in [0.1, 0.15) is 0 Å². The number of ether oxygens (including phenoxy) is 2. The second kappa shape index (κ2) is 8.42. The standard InChI is InChI=1S/C32H48O6/c1-27(2)13-15-32(26(36)38-8)16-14-29(4)19(20(32)17-27)9-10-22-28(3)18-21(33)24(34)31(6,25(35)37-7)23(28)11-12-30(22,29)5/h9,17,21-24,33-34H,10-16,18H2,1-8H3. The average Bonchev–Trinajstić information content (AvgIpc) is 2.86. The molecule has 0 radical (unpaired) electrons. The maximum atomic E-state index is 13.4. The van der Waals surface area contributed by atoms with Crippen LogP contribution >= 0.6 is 0 Å². The summed E-state index contributed by atoms with van der Waals surface area (Å²) in [5, 5.41) is 22.3. The van der Waals surface area contributed by atoms with Crippen LogP contribution < -0.4 is 0 Å². The molecule has 5 aliphatic rings. The Balaban J connectivity index is 1.65. The Labute approximate surface area is 228 Å². The van der Waals surface area contributed by atoms with Crippen LogP contribution in [0.5, 0.6) is 0 Å². The van der Waals surface area contributed by atoms with Crippen LogP contribution in [-0.4, -0.2) is 48.6 Å². The summed E-state index contributed by atoms with van der Waals surface area (Å²) in [6.07, 6.45) is 9.06. The van der Waals surface area contributed by atoms with Gasteiger partial charge in [-0.2, -0.15) is 0 Å². The van der Waals surface area contributed by atoms with Crippen molar-refractivity contribution in [3.8, 4) is 0 Å². The van der Waals surface area contributed by atoms with Gasteiger partial charge in [0, 0.05) is 0 Å². The van der Waals surface area contributed by atoms with Gasteiger partial charge in [-0.05, 0) is 103 Å². The van der Waals surface area contributed by atoms with E-state index in [1.807, 2.05) is 0 Å². The molecule has 0 spiro atoms. The highest BCUT2D eigenvalue weighted by atomic mass is 16.5. The third-order valence-corrected chi connectivity index (χ3v) is 12.9. The maximum absolute atomic E-state index is 13.4. The van der Waals surface area contributed by atoms with Crippen LogP contribution in [0.2, 0.25) is 0 Å². The number of esters is 2. The van der Waals surface area contributed by atoms with Crippen LogP contribution in [0, 0.1) is 44.3 Å². The molecular formula is C32H48O6. The summed E-state index contributed by atoms with van der Waals surface area (Å²) in [4.78, 5) is 26.5. The van der Waals surface area contributed by atoms with Crippen LogP contribution in [-0.2, 0) is 19.1 Å². The van der Waals surface area contributed by atoms with E-state index in [0.717, 1.165) is 44.9 Å². The zero-order valence-electron chi connectivity index (χ0n) is 24.6. The Morgan fingerprint density at radius 3 is 2.11 bits per heavy atom. The summed E-state index contributed by atoms with van der Waals surface area (Å²) in [5.41, 5.74) is 0.185. The predicted octanol–water partition coefficient (Wildman–Crippen LogP) is 5.37. The van der Waals surface area contributed by atoms with Gasteiger partial charge in [0.2, 0.25) is 0 Å². The van der Waals surface area contributed by atoms with Crippen molar-refractivity contribution in [2.75, 3.05) is 14.2 Å². The van der Waals surface area contributed by atoms with Gasteiger partial charge >= 0.3 is 11.9 Å². The number of methoxy groups -OCH3 is 2. The number of carbonyl (C=O) groups is 2. The van der Waals surface area contributed by atoms with Crippen molar-refractivity contribution in [2.24, 2.45) is 44.3 Å². The molecule has 9 unspecified atom stereocenters. The Morgan fingerprint density at radius 1 is 0.842 bits per heavy atom. The van der Waals surface area contributed by atoms with Crippen molar-refractivity contribution in [2.45, 2.75) is 105 Å². The first-order valence-corrected chi connectivity index (χ1v) is 14.5. The van der Waals surface area contributed by atoms with Crippen LogP contribution in [0.15, 0.2) is 23.3 Å². The van der Waals surface area contributed by atoms with Crippen molar-refractivity contribution in [3.63, 3.8) is 0 Å². The summed E-state index contributed by atoms with van der Waals surface area (Å²) >= 11 is 0. The van der Waals surface area contributed by atoms with Gasteiger partial charge in [0.15, 0.2) is 0 Å². The summed E-state index contributed by atoms with van der Waals surface area (Å²) < 4.78 is 10.6. The molecule has 0 aromatic carbocycles. The van der Waals surface area contributed by atoms with E-state index in [-0.39, 0.29) is 39.5 Å². The Kier molecular flexibility index (Phi) is 6.18. The highest BCUT2D eigenvalue weighted by Crippen LogP contribution is 2.75. The van der Waals surface area contributed by atoms with E-state index in [1.165, 1.54) is 25.4 Å². The number of aliphatic hydroxyl groups excluding tert-OH is 2. The van der Waals surface area contributed by atoms with Gasteiger partial charge in [-0.3, -0.25) is 9.59 Å². The van der Waals surface area contributed by atoms with E-state index in [9.17, 15) is 19.8 Å². The number of fused-ring (bicyclic) bond motifs is 7. The fraction of sp³-hybridized carbons (Fsp3) is 0.812. The van der Waals surface area contributed by atoms with Crippen molar-refractivity contribution >= 4 is 11.9 Å². The molecule has 38 heavy (non-hydrogen) atoms. The average molecular weight is 529 g/mol. The van der Waals surface area contributed by atoms with Gasteiger partial charge in [-0.15, -0.1) is 0 Å². The smallest absolute Gasteiger partial charge is 0.316 e. The van der Waals surface area contributed by atoms with Crippen molar-refractivity contribution in [1.82, 2.24) is 0 Å². The van der Waals surface area contributed by atoms with Gasteiger partial charge in [0.05, 0.1) is 37.3 Å². The molecule has 6 nitrogen and oxygen atoms in total. The zero-order valence-corrected chi connectivity index (χ0v) is 24.6. The second-order valence-electron chi connectivity index (χ2n) is 14.9. The highest BCUT2D eigenvalue weighted by molar-refractivity contribution is 5.84. The first-order chi connectivity index (χ1) is 17.6. The summed E-state index contributed by atoms with van der Waals surface area (Å²) in [7, 11) is 2.88. The lowest BCUT2D eigenvalue weighted by atomic mass is 9.34. The molecule has 0 bridgehead atoms. The monoisotopic (exact) mass is 528 g/mol. The first kappa shape index (κ1) is 27.9. The molecule has 0 saturated heterocycles. The molecule has 6 heteroatoms. The van der Waals surface area contributed by atoms with Crippen LogP contribution in [0.1, 0.15) is 92.9 Å². The third-order valence-electron chi connectivity index (χ3n) is 12.9. The maximum Gasteiger partial charge on any atom is 0.316 e. The lowest BCUT2D eigenvalue weighted by Gasteiger charge is -2.70. The van der Waals surface area contributed by atoms with Gasteiger partial charge < -0.3 is 19.7 Å². The Morgan fingerprint density at radius 2 is 1.47 bits per heavy atom. The molecule has 5 rings (SSSR count). The van der Waals surface area contributed by atoms with Crippen molar-refractivity contribution in [1.29, 1.82) is 0 Å². The van der Waals surface area contributed by atoms with E-state index in [4.69, 9.17) is 9.47 Å². The Hall–Kier alpha value is -1.66. The lowest BCUT2D eigenvalue weighted by Crippen LogP contribution is -2.68. The van der Waals surface area contributed by atoms with Gasteiger partial charge in [-0.1, -0.05) is 46.8 Å². The van der Waals surface area contributed by atoms with Gasteiger partial charge in [-0.25, -0.2) is 0 Å². The van der Waals surface area contributed by atoms with Gasteiger partial charge in [0.25, 0.3) is 0 Å². The number of rotatable bonds is 2. The summed E-state index contributed by atoms with van der Waals surface area (Å²) in [6, 6.07) is 0. The lowest BCUT2D eigenvalue weighted by molar-refractivity contribution is -0.238. The molecule has 9 atom stereocenters. The topological polar surface area (TPSA) is 93.1 Å². The molecule has 212 valence electrons. The molecular weight excluding hydrogens is 480 g/mol. The highest BCUT2D eigenvalue weighted by Gasteiger charge is 2.71. The van der Waals surface area contributed by atoms with Crippen LogP contribution in [0.4, 0.5) is 0 Å². The molecule has 2 N–H and O–H groups in total. The molecule has 0 aromatic rings. The quantitative estimate of drug-likeness (QED) is 0.469. The summed E-state index contributed by atoms with van der Waals surface area (Å²) in [5.74, 6) is -0.417. The number of hydrogen-bond donors (Lipinski definition) is 2. The largest absolute Gasteiger partial charge is 0.469 e. The van der Waals surface area contributed by atoms with Crippen LogP contribution in [0.25, 0.3) is 0 Å². The molecule has 0 amide bonds. The zero-order chi connectivity index (χ0) is 28.1. The molecule has 0 heterocycles. The predicted molar refractivity (Wildman–Crippen MR) is 145 cm³/mol. The van der Waals surface area contributed by atoms with E-state index in [2.05, 4.69) is 46.8 Å². The van der Waals surface area contributed by atoms with Crippen molar-refractivity contribution < 1.29 is 29.3 Å². The third kappa shape index (κ3) is 3.25. The summed E-state index contributed by atoms with van der Waals surface area (Å²) in [6.45, 7) is 13.4.